The first-order valence-corrected chi connectivity index (χ1v) is 19.5. The van der Waals surface area contributed by atoms with E-state index >= 15 is 0 Å². The number of fused-ring (bicyclic) bond motifs is 4. The molecule has 5 rings (SSSR count). The molecule has 0 amide bonds. The van der Waals surface area contributed by atoms with Gasteiger partial charge in [-0.2, -0.15) is 0 Å². The highest BCUT2D eigenvalue weighted by Crippen LogP contribution is 2.38. The maximum absolute atomic E-state index is 4.85. The van der Waals surface area contributed by atoms with E-state index in [1.807, 2.05) is 11.3 Å². The van der Waals surface area contributed by atoms with Crippen LogP contribution in [0.25, 0.3) is 42.3 Å². The molecule has 0 N–H and O–H groups in total. The molecule has 0 radical (unpaired) electrons. The van der Waals surface area contributed by atoms with Gasteiger partial charge in [-0.05, 0) is 22.9 Å². The van der Waals surface area contributed by atoms with Crippen molar-refractivity contribution in [3.8, 4) is 11.3 Å². The van der Waals surface area contributed by atoms with Crippen LogP contribution in [-0.4, -0.2) is 26.1 Å². The van der Waals surface area contributed by atoms with Gasteiger partial charge in [-0.1, -0.05) is 111 Å². The van der Waals surface area contributed by atoms with Gasteiger partial charge in [0.2, 0.25) is 0 Å². The molecule has 2 aromatic heterocycles. The van der Waals surface area contributed by atoms with Crippen LogP contribution in [0.4, 0.5) is 0 Å². The maximum Gasteiger partial charge on any atom is 0.116 e. The fourth-order valence-electron chi connectivity index (χ4n) is 5.54. The molecule has 0 saturated carbocycles. The molecule has 2 heterocycles. The molecular weight excluding hydrogens is 465 g/mol. The zero-order valence-electron chi connectivity index (χ0n) is 21.2. The molecule has 0 aliphatic heterocycles. The van der Waals surface area contributed by atoms with Crippen LogP contribution in [0.5, 0.6) is 0 Å². The molecule has 174 valence electrons. The highest BCUT2D eigenvalue weighted by molar-refractivity contribution is 7.26. The number of aromatic nitrogens is 2. The molecule has 34 heavy (non-hydrogen) atoms. The number of rotatable bonds is 6. The Morgan fingerprint density at radius 3 is 2.24 bits per heavy atom. The van der Waals surface area contributed by atoms with Gasteiger partial charge in [0.05, 0.1) is 32.1 Å². The molecule has 5 heteroatoms. The molecule has 0 aliphatic rings. The van der Waals surface area contributed by atoms with E-state index < -0.39 is 16.1 Å². The van der Waals surface area contributed by atoms with Crippen molar-refractivity contribution in [1.82, 2.24) is 9.97 Å². The molecule has 0 saturated heterocycles. The number of hydrogen-bond acceptors (Lipinski definition) is 3. The second-order valence-electron chi connectivity index (χ2n) is 10.5. The zero-order chi connectivity index (χ0) is 24.1. The predicted octanol–water partition coefficient (Wildman–Crippen LogP) is 7.93. The van der Waals surface area contributed by atoms with Crippen LogP contribution < -0.4 is 10.4 Å². The Kier molecular flexibility index (Phi) is 5.99. The summed E-state index contributed by atoms with van der Waals surface area (Å²) in [4.78, 5) is 9.61. The predicted molar refractivity (Wildman–Crippen MR) is 158 cm³/mol. The third-order valence-corrected chi connectivity index (χ3v) is 16.6. The van der Waals surface area contributed by atoms with Crippen LogP contribution in [0.1, 0.15) is 20.8 Å². The van der Waals surface area contributed by atoms with Crippen LogP contribution in [-0.2, 0) is 0 Å². The van der Waals surface area contributed by atoms with Gasteiger partial charge in [-0.15, -0.1) is 11.3 Å². The fraction of sp³-hybridized carbons (Fsp3) is 0.310. The van der Waals surface area contributed by atoms with Crippen LogP contribution in [0.15, 0.2) is 60.9 Å². The van der Waals surface area contributed by atoms with Gasteiger partial charge in [-0.25, -0.2) is 9.97 Å². The van der Waals surface area contributed by atoms with Gasteiger partial charge in [0.1, 0.15) is 6.33 Å². The Hall–Kier alpha value is -2.35. The molecule has 0 spiro atoms. The summed E-state index contributed by atoms with van der Waals surface area (Å²) in [5.74, 6) is 0. The van der Waals surface area contributed by atoms with Gasteiger partial charge in [0.25, 0.3) is 0 Å². The molecule has 0 bridgehead atoms. The Morgan fingerprint density at radius 2 is 1.53 bits per heavy atom. The summed E-state index contributed by atoms with van der Waals surface area (Å²) in [6.07, 6.45) is 1.75. The van der Waals surface area contributed by atoms with Crippen LogP contribution in [0.3, 0.4) is 0 Å². The first kappa shape index (κ1) is 23.4. The lowest BCUT2D eigenvalue weighted by molar-refractivity contribution is 1.20. The van der Waals surface area contributed by atoms with Crippen molar-refractivity contribution in [1.29, 1.82) is 0 Å². The van der Waals surface area contributed by atoms with Crippen molar-refractivity contribution in [2.24, 2.45) is 0 Å². The maximum atomic E-state index is 4.85. The van der Waals surface area contributed by atoms with Gasteiger partial charge >= 0.3 is 0 Å². The lowest BCUT2D eigenvalue weighted by Gasteiger charge is -2.28. The first-order chi connectivity index (χ1) is 16.3. The highest BCUT2D eigenvalue weighted by Gasteiger charge is 2.29. The van der Waals surface area contributed by atoms with E-state index in [-0.39, 0.29) is 0 Å². The molecular formula is C29H34N2SSi2. The summed E-state index contributed by atoms with van der Waals surface area (Å²) in [6, 6.07) is 24.7. The first-order valence-electron chi connectivity index (χ1n) is 12.5. The summed E-state index contributed by atoms with van der Waals surface area (Å²) in [5, 5.41) is 7.05. The van der Waals surface area contributed by atoms with E-state index in [1.54, 1.807) is 11.5 Å². The second kappa shape index (κ2) is 8.70. The Balaban J connectivity index is 1.76. The summed E-state index contributed by atoms with van der Waals surface area (Å²) >= 11 is 1.87. The summed E-state index contributed by atoms with van der Waals surface area (Å²) in [6.45, 7) is 14.4. The third kappa shape index (κ3) is 3.74. The van der Waals surface area contributed by atoms with Crippen molar-refractivity contribution >= 4 is 68.9 Å². The summed E-state index contributed by atoms with van der Waals surface area (Å²) in [5.41, 5.74) is 3.38. The molecule has 0 fully saturated rings. The van der Waals surface area contributed by atoms with Crippen LogP contribution >= 0.6 is 11.3 Å². The number of thiophene rings is 1. The van der Waals surface area contributed by atoms with Crippen LogP contribution in [0, 0.1) is 0 Å². The molecule has 2 nitrogen and oxygen atoms in total. The van der Waals surface area contributed by atoms with Crippen molar-refractivity contribution in [2.45, 2.75) is 58.5 Å². The zero-order valence-corrected chi connectivity index (χ0v) is 24.0. The van der Waals surface area contributed by atoms with Gasteiger partial charge in [0.15, 0.2) is 0 Å². The number of nitrogens with zero attached hydrogens (tertiary/aromatic N) is 2. The minimum Gasteiger partial charge on any atom is -0.235 e. The largest absolute Gasteiger partial charge is 0.235 e. The fourth-order valence-corrected chi connectivity index (χ4v) is 12.1. The van der Waals surface area contributed by atoms with E-state index in [0.29, 0.717) is 0 Å². The smallest absolute Gasteiger partial charge is 0.116 e. The van der Waals surface area contributed by atoms with Gasteiger partial charge in [-0.3, -0.25) is 0 Å². The standard InChI is InChI=1S/C29H34N2SSi2/c1-7-34(8-2,9-3)22-14-15-24-25(18-22)32-29-27(30-19-31-28(24)29)21-16-20-12-10-11-13-23(20)26(17-21)33(4,5)6/h10-19H,7-9H2,1-6H3. The van der Waals surface area contributed by atoms with Crippen molar-refractivity contribution in [3.63, 3.8) is 0 Å². The van der Waals surface area contributed by atoms with Crippen LogP contribution in [0.2, 0.25) is 37.8 Å². The second-order valence-corrected chi connectivity index (χ2v) is 21.9. The van der Waals surface area contributed by atoms with Crippen molar-refractivity contribution in [2.75, 3.05) is 0 Å². The lowest BCUT2D eigenvalue weighted by Crippen LogP contribution is -2.45. The number of hydrogen-bond donors (Lipinski definition) is 0. The lowest BCUT2D eigenvalue weighted by atomic mass is 10.0. The molecule has 0 atom stereocenters. The SMILES string of the molecule is CC[Si](CC)(CC)c1ccc2c(c1)sc1c(-c3cc([Si](C)(C)C)c4ccccc4c3)ncnc12. The summed E-state index contributed by atoms with van der Waals surface area (Å²) in [7, 11) is -2.96. The van der Waals surface area contributed by atoms with E-state index in [1.165, 1.54) is 54.4 Å². The minimum atomic E-state index is -1.54. The van der Waals surface area contributed by atoms with E-state index in [9.17, 15) is 0 Å². The number of benzene rings is 3. The van der Waals surface area contributed by atoms with E-state index in [0.717, 1.165) is 11.2 Å². The molecule has 5 aromatic rings. The summed E-state index contributed by atoms with van der Waals surface area (Å²) < 4.78 is 2.57. The Labute approximate surface area is 209 Å². The monoisotopic (exact) mass is 498 g/mol. The quantitative estimate of drug-likeness (QED) is 0.222. The topological polar surface area (TPSA) is 25.8 Å². The molecule has 3 aromatic carbocycles. The van der Waals surface area contributed by atoms with Gasteiger partial charge in [0, 0.05) is 15.6 Å². The average molecular weight is 499 g/mol. The van der Waals surface area contributed by atoms with Crippen molar-refractivity contribution in [3.05, 3.63) is 60.9 Å². The third-order valence-electron chi connectivity index (χ3n) is 7.84. The van der Waals surface area contributed by atoms with Gasteiger partial charge < -0.3 is 0 Å². The Morgan fingerprint density at radius 1 is 0.794 bits per heavy atom. The van der Waals surface area contributed by atoms with E-state index in [2.05, 4.69) is 95.0 Å². The minimum absolute atomic E-state index is 1.07. The van der Waals surface area contributed by atoms with E-state index in [4.69, 9.17) is 9.97 Å². The van der Waals surface area contributed by atoms with Crippen molar-refractivity contribution < 1.29 is 0 Å². The average Bonchev–Trinajstić information content (AvgIpc) is 3.22. The normalized spacial score (nSPS) is 12.8. The highest BCUT2D eigenvalue weighted by atomic mass is 32.1. The molecule has 0 aliphatic carbocycles. The Bertz CT molecular complexity index is 1500. The molecule has 0 unspecified atom stereocenters.